The van der Waals surface area contributed by atoms with E-state index in [0.29, 0.717) is 17.9 Å². The highest BCUT2D eigenvalue weighted by atomic mass is 16.2. The summed E-state index contributed by atoms with van der Waals surface area (Å²) in [5.74, 6) is 0.942. The molecular weight excluding hydrogens is 226 g/mol. The van der Waals surface area contributed by atoms with Gasteiger partial charge in [0.05, 0.1) is 0 Å². The molecule has 0 spiro atoms. The van der Waals surface area contributed by atoms with Crippen LogP contribution in [0, 0.1) is 5.92 Å². The molecule has 1 N–H and O–H groups in total. The Balaban J connectivity index is 1.73. The van der Waals surface area contributed by atoms with Crippen molar-refractivity contribution in [2.45, 2.75) is 39.2 Å². The summed E-state index contributed by atoms with van der Waals surface area (Å²) in [6, 6.07) is 0.654. The van der Waals surface area contributed by atoms with E-state index >= 15 is 0 Å². The zero-order chi connectivity index (χ0) is 13.0. The monoisotopic (exact) mass is 253 g/mol. The Hall–Kier alpha value is -0.610. The minimum Gasteiger partial charge on any atom is -0.340 e. The molecule has 4 heteroatoms. The summed E-state index contributed by atoms with van der Waals surface area (Å²) in [5.41, 5.74) is 0. The van der Waals surface area contributed by atoms with E-state index in [9.17, 15) is 4.79 Å². The lowest BCUT2D eigenvalue weighted by Gasteiger charge is -2.38. The van der Waals surface area contributed by atoms with Crippen LogP contribution in [0.4, 0.5) is 0 Å². The van der Waals surface area contributed by atoms with Crippen molar-refractivity contribution in [3.8, 4) is 0 Å². The first kappa shape index (κ1) is 13.8. The molecule has 0 aromatic heterocycles. The standard InChI is InChI=1S/C14H27N3O/c1-3-12(2)16-6-8-17(9-7-16)14(18)10-13-4-5-15-11-13/h12-13,15H,3-11H2,1-2H3. The van der Waals surface area contributed by atoms with E-state index in [-0.39, 0.29) is 0 Å². The normalized spacial score (nSPS) is 27.4. The van der Waals surface area contributed by atoms with Gasteiger partial charge in [-0.3, -0.25) is 9.69 Å². The predicted molar refractivity (Wildman–Crippen MR) is 73.5 cm³/mol. The van der Waals surface area contributed by atoms with E-state index in [1.165, 1.54) is 12.8 Å². The van der Waals surface area contributed by atoms with Crippen molar-refractivity contribution in [1.82, 2.24) is 15.1 Å². The van der Waals surface area contributed by atoms with Gasteiger partial charge in [0.1, 0.15) is 0 Å². The van der Waals surface area contributed by atoms with Crippen LogP contribution in [0.1, 0.15) is 33.1 Å². The van der Waals surface area contributed by atoms with Crippen LogP contribution in [0.3, 0.4) is 0 Å². The molecule has 0 bridgehead atoms. The van der Waals surface area contributed by atoms with Crippen LogP contribution in [-0.2, 0) is 4.79 Å². The van der Waals surface area contributed by atoms with Crippen molar-refractivity contribution in [2.75, 3.05) is 39.3 Å². The first-order valence-corrected chi connectivity index (χ1v) is 7.43. The zero-order valence-corrected chi connectivity index (χ0v) is 11.8. The van der Waals surface area contributed by atoms with E-state index in [1.54, 1.807) is 0 Å². The highest BCUT2D eigenvalue weighted by molar-refractivity contribution is 5.76. The Morgan fingerprint density at radius 2 is 2.06 bits per heavy atom. The van der Waals surface area contributed by atoms with Gasteiger partial charge in [0.15, 0.2) is 0 Å². The molecule has 0 aromatic rings. The second-order valence-electron chi connectivity index (χ2n) is 5.74. The number of carbonyl (C=O) groups excluding carboxylic acids is 1. The van der Waals surface area contributed by atoms with E-state index < -0.39 is 0 Å². The summed E-state index contributed by atoms with van der Waals surface area (Å²) < 4.78 is 0. The minimum atomic E-state index is 0.368. The maximum Gasteiger partial charge on any atom is 0.222 e. The Kier molecular flexibility index (Phi) is 5.01. The lowest BCUT2D eigenvalue weighted by atomic mass is 10.0. The molecule has 0 saturated carbocycles. The van der Waals surface area contributed by atoms with Crippen LogP contribution >= 0.6 is 0 Å². The van der Waals surface area contributed by atoms with Crippen molar-refractivity contribution in [3.63, 3.8) is 0 Å². The summed E-state index contributed by atoms with van der Waals surface area (Å²) in [7, 11) is 0. The number of carbonyl (C=O) groups is 1. The lowest BCUT2D eigenvalue weighted by Crippen LogP contribution is -2.51. The van der Waals surface area contributed by atoms with Gasteiger partial charge in [0, 0.05) is 38.6 Å². The molecule has 2 saturated heterocycles. The van der Waals surface area contributed by atoms with E-state index in [4.69, 9.17) is 0 Å². The first-order chi connectivity index (χ1) is 8.70. The number of piperazine rings is 1. The quantitative estimate of drug-likeness (QED) is 0.809. The van der Waals surface area contributed by atoms with E-state index in [2.05, 4.69) is 29.0 Å². The summed E-state index contributed by atoms with van der Waals surface area (Å²) in [6.07, 6.45) is 3.11. The Morgan fingerprint density at radius 1 is 1.33 bits per heavy atom. The van der Waals surface area contributed by atoms with E-state index in [1.807, 2.05) is 0 Å². The van der Waals surface area contributed by atoms with Crippen LogP contribution in [0.25, 0.3) is 0 Å². The third-order valence-corrected chi connectivity index (χ3v) is 4.51. The Bertz CT molecular complexity index is 268. The number of amides is 1. The smallest absolute Gasteiger partial charge is 0.222 e. The van der Waals surface area contributed by atoms with Gasteiger partial charge in [-0.15, -0.1) is 0 Å². The van der Waals surface area contributed by atoms with Crippen LogP contribution in [0.2, 0.25) is 0 Å². The van der Waals surface area contributed by atoms with Crippen LogP contribution in [0.5, 0.6) is 0 Å². The van der Waals surface area contributed by atoms with Gasteiger partial charge in [-0.2, -0.15) is 0 Å². The highest BCUT2D eigenvalue weighted by Gasteiger charge is 2.26. The van der Waals surface area contributed by atoms with Gasteiger partial charge in [-0.05, 0) is 38.8 Å². The summed E-state index contributed by atoms with van der Waals surface area (Å²) in [6.45, 7) is 10.6. The molecule has 2 fully saturated rings. The third-order valence-electron chi connectivity index (χ3n) is 4.51. The van der Waals surface area contributed by atoms with Gasteiger partial charge in [0.25, 0.3) is 0 Å². The Morgan fingerprint density at radius 3 is 2.61 bits per heavy atom. The summed E-state index contributed by atoms with van der Waals surface area (Å²) in [5, 5.41) is 3.33. The molecular formula is C14H27N3O. The predicted octanol–water partition coefficient (Wildman–Crippen LogP) is 0.929. The summed E-state index contributed by atoms with van der Waals surface area (Å²) >= 11 is 0. The highest BCUT2D eigenvalue weighted by Crippen LogP contribution is 2.15. The van der Waals surface area contributed by atoms with Crippen molar-refractivity contribution in [1.29, 1.82) is 0 Å². The number of nitrogens with zero attached hydrogens (tertiary/aromatic N) is 2. The number of hydrogen-bond donors (Lipinski definition) is 1. The summed E-state index contributed by atoms with van der Waals surface area (Å²) in [4.78, 5) is 16.7. The van der Waals surface area contributed by atoms with Gasteiger partial charge < -0.3 is 10.2 Å². The molecule has 4 nitrogen and oxygen atoms in total. The Labute approximate surface area is 111 Å². The van der Waals surface area contributed by atoms with E-state index in [0.717, 1.165) is 45.7 Å². The van der Waals surface area contributed by atoms with Gasteiger partial charge in [-0.25, -0.2) is 0 Å². The zero-order valence-electron chi connectivity index (χ0n) is 11.8. The topological polar surface area (TPSA) is 35.6 Å². The molecule has 0 aliphatic carbocycles. The molecule has 2 unspecified atom stereocenters. The molecule has 2 aliphatic heterocycles. The second kappa shape index (κ2) is 6.53. The SMILES string of the molecule is CCC(C)N1CCN(C(=O)CC2CCNC2)CC1. The molecule has 0 radical (unpaired) electrons. The number of nitrogens with one attached hydrogen (secondary N) is 1. The molecule has 18 heavy (non-hydrogen) atoms. The second-order valence-corrected chi connectivity index (χ2v) is 5.74. The molecule has 104 valence electrons. The average molecular weight is 253 g/mol. The molecule has 2 aliphatic rings. The average Bonchev–Trinajstić information content (AvgIpc) is 2.91. The molecule has 1 amide bonds. The van der Waals surface area contributed by atoms with Crippen molar-refractivity contribution >= 4 is 5.91 Å². The third kappa shape index (κ3) is 3.45. The maximum absolute atomic E-state index is 12.2. The lowest BCUT2D eigenvalue weighted by molar-refractivity contribution is -0.134. The van der Waals surface area contributed by atoms with Crippen molar-refractivity contribution < 1.29 is 4.79 Å². The van der Waals surface area contributed by atoms with Crippen molar-refractivity contribution in [3.05, 3.63) is 0 Å². The van der Waals surface area contributed by atoms with Gasteiger partial charge in [-0.1, -0.05) is 6.92 Å². The number of hydrogen-bond acceptors (Lipinski definition) is 3. The molecule has 2 rings (SSSR count). The fourth-order valence-corrected chi connectivity index (χ4v) is 2.94. The van der Waals surface area contributed by atoms with Crippen LogP contribution < -0.4 is 5.32 Å². The maximum atomic E-state index is 12.2. The van der Waals surface area contributed by atoms with Crippen LogP contribution in [-0.4, -0.2) is 61.0 Å². The number of rotatable bonds is 4. The van der Waals surface area contributed by atoms with Crippen molar-refractivity contribution in [2.24, 2.45) is 5.92 Å². The van der Waals surface area contributed by atoms with Gasteiger partial charge in [0.2, 0.25) is 5.91 Å². The first-order valence-electron chi connectivity index (χ1n) is 7.43. The minimum absolute atomic E-state index is 0.368. The molecule has 0 aromatic carbocycles. The largest absolute Gasteiger partial charge is 0.340 e. The fourth-order valence-electron chi connectivity index (χ4n) is 2.94. The van der Waals surface area contributed by atoms with Gasteiger partial charge >= 0.3 is 0 Å². The fraction of sp³-hybridized carbons (Fsp3) is 0.929. The van der Waals surface area contributed by atoms with Crippen LogP contribution in [0.15, 0.2) is 0 Å². The molecule has 2 heterocycles. The molecule has 2 atom stereocenters.